The van der Waals surface area contributed by atoms with Crippen molar-refractivity contribution in [3.05, 3.63) is 66.0 Å². The Balaban J connectivity index is 1.84. The molecule has 0 atom stereocenters. The van der Waals surface area contributed by atoms with Gasteiger partial charge in [-0.2, -0.15) is 0 Å². The highest BCUT2D eigenvalue weighted by Gasteiger charge is 2.27. The van der Waals surface area contributed by atoms with E-state index in [1.807, 2.05) is 49.4 Å². The molecule has 0 saturated heterocycles. The van der Waals surface area contributed by atoms with Crippen LogP contribution < -0.4 is 9.64 Å². The van der Waals surface area contributed by atoms with Gasteiger partial charge in [-0.05, 0) is 49.0 Å². The SMILES string of the molecule is CCOc1ccc2ccccc2c1C(=O)N(CCN(CC)CC)c1nc2c(F)cccc2s1. The van der Waals surface area contributed by atoms with Crippen LogP contribution in [0.4, 0.5) is 9.52 Å². The van der Waals surface area contributed by atoms with Crippen LogP contribution >= 0.6 is 11.3 Å². The minimum absolute atomic E-state index is 0.193. The molecule has 3 aromatic carbocycles. The molecule has 0 N–H and O–H groups in total. The lowest BCUT2D eigenvalue weighted by Gasteiger charge is -2.26. The van der Waals surface area contributed by atoms with Gasteiger partial charge < -0.3 is 9.64 Å². The van der Waals surface area contributed by atoms with Crippen molar-refractivity contribution in [3.63, 3.8) is 0 Å². The molecule has 1 heterocycles. The third-order valence-electron chi connectivity index (χ3n) is 5.77. The summed E-state index contributed by atoms with van der Waals surface area (Å²) in [5.41, 5.74) is 0.801. The fourth-order valence-corrected chi connectivity index (χ4v) is 4.97. The van der Waals surface area contributed by atoms with Gasteiger partial charge in [0.15, 0.2) is 5.13 Å². The van der Waals surface area contributed by atoms with E-state index in [0.29, 0.717) is 46.4 Å². The van der Waals surface area contributed by atoms with E-state index < -0.39 is 0 Å². The van der Waals surface area contributed by atoms with Gasteiger partial charge in [0.05, 0.1) is 16.9 Å². The summed E-state index contributed by atoms with van der Waals surface area (Å²) in [4.78, 5) is 22.6. The molecule has 0 aliphatic carbocycles. The van der Waals surface area contributed by atoms with E-state index in [0.717, 1.165) is 23.9 Å². The van der Waals surface area contributed by atoms with Gasteiger partial charge in [0, 0.05) is 13.1 Å². The summed E-state index contributed by atoms with van der Waals surface area (Å²) in [7, 11) is 0. The fraction of sp³-hybridized carbons (Fsp3) is 0.308. The first-order valence-electron chi connectivity index (χ1n) is 11.3. The number of carbonyl (C=O) groups is 1. The third kappa shape index (κ3) is 4.70. The van der Waals surface area contributed by atoms with Crippen LogP contribution in [0.25, 0.3) is 21.0 Å². The average Bonchev–Trinajstić information content (AvgIpc) is 3.27. The molecule has 0 saturated carbocycles. The molecule has 172 valence electrons. The highest BCUT2D eigenvalue weighted by Crippen LogP contribution is 2.34. The molecule has 0 fully saturated rings. The molecule has 0 aliphatic heterocycles. The zero-order valence-electron chi connectivity index (χ0n) is 19.2. The van der Waals surface area contributed by atoms with Crippen molar-refractivity contribution in [2.75, 3.05) is 37.7 Å². The highest BCUT2D eigenvalue weighted by molar-refractivity contribution is 7.22. The molecule has 0 unspecified atom stereocenters. The number of halogens is 1. The number of anilines is 1. The zero-order chi connectivity index (χ0) is 23.4. The van der Waals surface area contributed by atoms with Crippen LogP contribution in [0.5, 0.6) is 5.75 Å². The molecule has 0 radical (unpaired) electrons. The van der Waals surface area contributed by atoms with E-state index >= 15 is 0 Å². The maximum atomic E-state index is 14.4. The Morgan fingerprint density at radius 2 is 1.79 bits per heavy atom. The minimum atomic E-state index is -0.383. The van der Waals surface area contributed by atoms with E-state index in [9.17, 15) is 9.18 Å². The second-order valence-corrected chi connectivity index (χ2v) is 8.67. The summed E-state index contributed by atoms with van der Waals surface area (Å²) in [6, 6.07) is 16.5. The third-order valence-corrected chi connectivity index (χ3v) is 6.82. The van der Waals surface area contributed by atoms with Crippen molar-refractivity contribution >= 4 is 43.4 Å². The Bertz CT molecular complexity index is 1270. The second-order valence-electron chi connectivity index (χ2n) is 7.66. The number of benzene rings is 3. The first-order valence-corrected chi connectivity index (χ1v) is 12.1. The van der Waals surface area contributed by atoms with Crippen molar-refractivity contribution < 1.29 is 13.9 Å². The van der Waals surface area contributed by atoms with Crippen molar-refractivity contribution in [1.29, 1.82) is 0 Å². The molecule has 0 spiro atoms. The second kappa shape index (κ2) is 10.3. The topological polar surface area (TPSA) is 45.7 Å². The van der Waals surface area contributed by atoms with E-state index in [2.05, 4.69) is 23.7 Å². The van der Waals surface area contributed by atoms with Crippen molar-refractivity contribution in [2.24, 2.45) is 0 Å². The normalized spacial score (nSPS) is 11.4. The van der Waals surface area contributed by atoms with Gasteiger partial charge in [0.1, 0.15) is 17.1 Å². The molecule has 1 aromatic heterocycles. The number of carbonyl (C=O) groups excluding carboxylic acids is 1. The number of para-hydroxylation sites is 1. The molecule has 0 bridgehead atoms. The number of hydrogen-bond donors (Lipinski definition) is 0. The van der Waals surface area contributed by atoms with Crippen LogP contribution in [0.3, 0.4) is 0 Å². The smallest absolute Gasteiger partial charge is 0.264 e. The van der Waals surface area contributed by atoms with Crippen LogP contribution in [-0.4, -0.2) is 48.6 Å². The zero-order valence-corrected chi connectivity index (χ0v) is 20.0. The van der Waals surface area contributed by atoms with Crippen LogP contribution in [-0.2, 0) is 0 Å². The van der Waals surface area contributed by atoms with Gasteiger partial charge in [0.2, 0.25) is 0 Å². The number of rotatable bonds is 9. The number of thiazole rings is 1. The monoisotopic (exact) mass is 465 g/mol. The summed E-state index contributed by atoms with van der Waals surface area (Å²) in [6.45, 7) is 9.43. The van der Waals surface area contributed by atoms with Gasteiger partial charge in [0.25, 0.3) is 5.91 Å². The van der Waals surface area contributed by atoms with Crippen LogP contribution in [0, 0.1) is 5.82 Å². The Hall–Kier alpha value is -3.03. The largest absolute Gasteiger partial charge is 0.493 e. The fourth-order valence-electron chi connectivity index (χ4n) is 3.97. The lowest BCUT2D eigenvalue weighted by Crippen LogP contribution is -2.39. The molecule has 4 rings (SSSR count). The Kier molecular flexibility index (Phi) is 7.20. The molecule has 0 aliphatic rings. The Morgan fingerprint density at radius 3 is 2.52 bits per heavy atom. The van der Waals surface area contributed by atoms with E-state index in [1.54, 1.807) is 11.0 Å². The molecule has 33 heavy (non-hydrogen) atoms. The van der Waals surface area contributed by atoms with Crippen molar-refractivity contribution in [1.82, 2.24) is 9.88 Å². The number of ether oxygens (including phenoxy) is 1. The molecule has 7 heteroatoms. The molecule has 1 amide bonds. The number of nitrogens with zero attached hydrogens (tertiary/aromatic N) is 3. The van der Waals surface area contributed by atoms with E-state index in [-0.39, 0.29) is 11.7 Å². The standard InChI is InChI=1S/C26H28FN3O2S/c1-4-29(5-2)16-17-30(26-28-24-20(27)12-9-13-22(24)33-26)25(31)23-19-11-8-7-10-18(19)14-15-21(23)32-6-3/h7-15H,4-6,16-17H2,1-3H3. The predicted octanol–water partition coefficient (Wildman–Crippen LogP) is 5.98. The van der Waals surface area contributed by atoms with E-state index in [1.165, 1.54) is 17.4 Å². The summed E-state index contributed by atoms with van der Waals surface area (Å²) in [5, 5.41) is 2.28. The van der Waals surface area contributed by atoms with Crippen LogP contribution in [0.2, 0.25) is 0 Å². The molecular formula is C26H28FN3O2S. The number of fused-ring (bicyclic) bond motifs is 2. The predicted molar refractivity (Wildman–Crippen MR) is 134 cm³/mol. The molecule has 5 nitrogen and oxygen atoms in total. The molecular weight excluding hydrogens is 437 g/mol. The first kappa shape index (κ1) is 23.1. The maximum absolute atomic E-state index is 14.4. The summed E-state index contributed by atoms with van der Waals surface area (Å²) in [6.07, 6.45) is 0. The lowest BCUT2D eigenvalue weighted by molar-refractivity contribution is 0.0982. The van der Waals surface area contributed by atoms with E-state index in [4.69, 9.17) is 4.74 Å². The highest BCUT2D eigenvalue weighted by atomic mass is 32.1. The number of aromatic nitrogens is 1. The van der Waals surface area contributed by atoms with Gasteiger partial charge in [-0.3, -0.25) is 9.69 Å². The van der Waals surface area contributed by atoms with Gasteiger partial charge >= 0.3 is 0 Å². The van der Waals surface area contributed by atoms with Gasteiger partial charge in [-0.15, -0.1) is 0 Å². The Labute approximate surface area is 197 Å². The summed E-state index contributed by atoms with van der Waals surface area (Å²) >= 11 is 1.33. The Morgan fingerprint density at radius 1 is 1.00 bits per heavy atom. The number of likely N-dealkylation sites (N-methyl/N-ethyl adjacent to an activating group) is 1. The quantitative estimate of drug-likeness (QED) is 0.305. The van der Waals surface area contributed by atoms with Crippen LogP contribution in [0.15, 0.2) is 54.6 Å². The molecule has 4 aromatic rings. The minimum Gasteiger partial charge on any atom is -0.493 e. The average molecular weight is 466 g/mol. The first-order chi connectivity index (χ1) is 16.1. The number of amides is 1. The van der Waals surface area contributed by atoms with Gasteiger partial charge in [-0.1, -0.05) is 61.6 Å². The van der Waals surface area contributed by atoms with Gasteiger partial charge in [-0.25, -0.2) is 9.37 Å². The number of hydrogen-bond acceptors (Lipinski definition) is 5. The lowest BCUT2D eigenvalue weighted by atomic mass is 10.0. The van der Waals surface area contributed by atoms with Crippen molar-refractivity contribution in [3.8, 4) is 5.75 Å². The van der Waals surface area contributed by atoms with Crippen molar-refractivity contribution in [2.45, 2.75) is 20.8 Å². The summed E-state index contributed by atoms with van der Waals surface area (Å²) in [5.74, 6) is -0.0329. The maximum Gasteiger partial charge on any atom is 0.264 e. The van der Waals surface area contributed by atoms with Crippen LogP contribution in [0.1, 0.15) is 31.1 Å². The summed E-state index contributed by atoms with van der Waals surface area (Å²) < 4.78 is 21.0.